The SMILES string of the molecule is CC(C)C[C@H](CO)NCc1cccnc1. The van der Waals surface area contributed by atoms with Crippen LogP contribution in [0.15, 0.2) is 24.5 Å². The molecule has 0 aliphatic heterocycles. The minimum Gasteiger partial charge on any atom is -0.395 e. The Balaban J connectivity index is 2.34. The van der Waals surface area contributed by atoms with Gasteiger partial charge in [-0.2, -0.15) is 0 Å². The number of hydrogen-bond acceptors (Lipinski definition) is 3. The fourth-order valence-corrected chi connectivity index (χ4v) is 1.56. The Labute approximate surface area is 91.5 Å². The van der Waals surface area contributed by atoms with Crippen LogP contribution in [0.25, 0.3) is 0 Å². The van der Waals surface area contributed by atoms with Crippen LogP contribution in [0.2, 0.25) is 0 Å². The van der Waals surface area contributed by atoms with E-state index in [1.807, 2.05) is 18.3 Å². The maximum atomic E-state index is 9.17. The molecule has 3 heteroatoms. The fourth-order valence-electron chi connectivity index (χ4n) is 1.56. The maximum absolute atomic E-state index is 9.17. The summed E-state index contributed by atoms with van der Waals surface area (Å²) in [5.74, 6) is 0.601. The first kappa shape index (κ1) is 12.1. The minimum absolute atomic E-state index is 0.185. The Morgan fingerprint density at radius 2 is 2.27 bits per heavy atom. The predicted molar refractivity (Wildman–Crippen MR) is 61.4 cm³/mol. The highest BCUT2D eigenvalue weighted by molar-refractivity contribution is 5.07. The molecule has 0 unspecified atom stereocenters. The van der Waals surface area contributed by atoms with Crippen LogP contribution >= 0.6 is 0 Å². The third-order valence-electron chi connectivity index (χ3n) is 2.29. The number of aromatic nitrogens is 1. The van der Waals surface area contributed by atoms with Crippen molar-refractivity contribution in [1.82, 2.24) is 10.3 Å². The molecule has 1 atom stereocenters. The fraction of sp³-hybridized carbons (Fsp3) is 0.583. The van der Waals surface area contributed by atoms with Crippen LogP contribution in [0.1, 0.15) is 25.8 Å². The normalized spacial score (nSPS) is 13.1. The molecule has 1 aromatic heterocycles. The largest absolute Gasteiger partial charge is 0.395 e. The average Bonchev–Trinajstić information content (AvgIpc) is 2.25. The monoisotopic (exact) mass is 208 g/mol. The summed E-state index contributed by atoms with van der Waals surface area (Å²) < 4.78 is 0. The van der Waals surface area contributed by atoms with Crippen molar-refractivity contribution in [3.63, 3.8) is 0 Å². The lowest BCUT2D eigenvalue weighted by Gasteiger charge is -2.18. The van der Waals surface area contributed by atoms with Gasteiger partial charge in [-0.05, 0) is 24.0 Å². The summed E-state index contributed by atoms with van der Waals surface area (Å²) in [6.45, 7) is 5.28. The van der Waals surface area contributed by atoms with E-state index >= 15 is 0 Å². The molecular formula is C12H20N2O. The van der Waals surface area contributed by atoms with Gasteiger partial charge in [-0.15, -0.1) is 0 Å². The zero-order chi connectivity index (χ0) is 11.1. The molecule has 0 bridgehead atoms. The van der Waals surface area contributed by atoms with E-state index in [-0.39, 0.29) is 12.6 Å². The molecule has 0 aliphatic rings. The van der Waals surface area contributed by atoms with E-state index < -0.39 is 0 Å². The van der Waals surface area contributed by atoms with Gasteiger partial charge in [0.05, 0.1) is 6.61 Å². The highest BCUT2D eigenvalue weighted by Gasteiger charge is 2.08. The van der Waals surface area contributed by atoms with Crippen LogP contribution in [0.4, 0.5) is 0 Å². The first-order valence-electron chi connectivity index (χ1n) is 5.45. The van der Waals surface area contributed by atoms with E-state index in [4.69, 9.17) is 0 Å². The highest BCUT2D eigenvalue weighted by atomic mass is 16.3. The Bertz CT molecular complexity index is 262. The molecule has 0 spiro atoms. The number of nitrogens with zero attached hydrogens (tertiary/aromatic N) is 1. The summed E-state index contributed by atoms with van der Waals surface area (Å²) >= 11 is 0. The average molecular weight is 208 g/mol. The molecule has 15 heavy (non-hydrogen) atoms. The third kappa shape index (κ3) is 4.91. The van der Waals surface area contributed by atoms with Crippen molar-refractivity contribution in [3.05, 3.63) is 30.1 Å². The quantitative estimate of drug-likeness (QED) is 0.746. The topological polar surface area (TPSA) is 45.1 Å². The maximum Gasteiger partial charge on any atom is 0.0584 e. The molecule has 3 nitrogen and oxygen atoms in total. The van der Waals surface area contributed by atoms with E-state index in [1.54, 1.807) is 6.20 Å². The highest BCUT2D eigenvalue weighted by Crippen LogP contribution is 2.05. The number of aliphatic hydroxyl groups excluding tert-OH is 1. The van der Waals surface area contributed by atoms with Crippen LogP contribution in [0.5, 0.6) is 0 Å². The number of aliphatic hydroxyl groups is 1. The Hall–Kier alpha value is -0.930. The van der Waals surface area contributed by atoms with Crippen molar-refractivity contribution < 1.29 is 5.11 Å². The summed E-state index contributed by atoms with van der Waals surface area (Å²) in [5.41, 5.74) is 1.15. The molecule has 0 aliphatic carbocycles. The molecular weight excluding hydrogens is 188 g/mol. The molecule has 0 fully saturated rings. The van der Waals surface area contributed by atoms with Crippen molar-refractivity contribution in [2.45, 2.75) is 32.9 Å². The lowest BCUT2D eigenvalue weighted by atomic mass is 10.0. The standard InChI is InChI=1S/C12H20N2O/c1-10(2)6-12(9-15)14-8-11-4-3-5-13-7-11/h3-5,7,10,12,14-15H,6,8-9H2,1-2H3/t12-/m1/s1. The van der Waals surface area contributed by atoms with E-state index in [2.05, 4.69) is 24.1 Å². The van der Waals surface area contributed by atoms with Crippen molar-refractivity contribution in [1.29, 1.82) is 0 Å². The van der Waals surface area contributed by atoms with Crippen LogP contribution in [-0.2, 0) is 6.54 Å². The second-order valence-electron chi connectivity index (χ2n) is 4.25. The van der Waals surface area contributed by atoms with Crippen LogP contribution in [-0.4, -0.2) is 22.7 Å². The minimum atomic E-state index is 0.185. The van der Waals surface area contributed by atoms with Gasteiger partial charge in [-0.1, -0.05) is 19.9 Å². The van der Waals surface area contributed by atoms with Gasteiger partial charge in [0.25, 0.3) is 0 Å². The Morgan fingerprint density at radius 3 is 2.80 bits per heavy atom. The van der Waals surface area contributed by atoms with Crippen molar-refractivity contribution in [2.24, 2.45) is 5.92 Å². The number of nitrogens with one attached hydrogen (secondary N) is 1. The van der Waals surface area contributed by atoms with Gasteiger partial charge in [-0.25, -0.2) is 0 Å². The van der Waals surface area contributed by atoms with Crippen LogP contribution in [0.3, 0.4) is 0 Å². The molecule has 0 saturated carbocycles. The van der Waals surface area contributed by atoms with Gasteiger partial charge in [0, 0.05) is 25.0 Å². The molecule has 0 aromatic carbocycles. The Kier molecular flexibility index (Phi) is 5.29. The van der Waals surface area contributed by atoms with E-state index in [0.717, 1.165) is 18.5 Å². The first-order chi connectivity index (χ1) is 7.22. The molecule has 0 amide bonds. The van der Waals surface area contributed by atoms with Crippen LogP contribution < -0.4 is 5.32 Å². The number of rotatable bonds is 6. The third-order valence-corrected chi connectivity index (χ3v) is 2.29. The summed E-state index contributed by atoms with van der Waals surface area (Å²) in [5, 5.41) is 12.5. The second kappa shape index (κ2) is 6.53. The zero-order valence-electron chi connectivity index (χ0n) is 9.48. The summed E-state index contributed by atoms with van der Waals surface area (Å²) in [6, 6.07) is 4.14. The smallest absolute Gasteiger partial charge is 0.0584 e. The molecule has 1 rings (SSSR count). The Morgan fingerprint density at radius 1 is 1.47 bits per heavy atom. The molecule has 1 heterocycles. The number of hydrogen-bond donors (Lipinski definition) is 2. The summed E-state index contributed by atoms with van der Waals surface area (Å²) in [4.78, 5) is 4.05. The molecule has 2 N–H and O–H groups in total. The van der Waals surface area contributed by atoms with Crippen molar-refractivity contribution in [2.75, 3.05) is 6.61 Å². The zero-order valence-corrected chi connectivity index (χ0v) is 9.48. The van der Waals surface area contributed by atoms with Gasteiger partial charge in [0.15, 0.2) is 0 Å². The van der Waals surface area contributed by atoms with Crippen molar-refractivity contribution in [3.8, 4) is 0 Å². The van der Waals surface area contributed by atoms with Crippen molar-refractivity contribution >= 4 is 0 Å². The summed E-state index contributed by atoms with van der Waals surface area (Å²) in [7, 11) is 0. The van der Waals surface area contributed by atoms with Gasteiger partial charge >= 0.3 is 0 Å². The lowest BCUT2D eigenvalue weighted by Crippen LogP contribution is -2.33. The van der Waals surface area contributed by atoms with E-state index in [9.17, 15) is 5.11 Å². The van der Waals surface area contributed by atoms with Gasteiger partial charge < -0.3 is 10.4 Å². The molecule has 84 valence electrons. The number of pyridine rings is 1. The van der Waals surface area contributed by atoms with E-state index in [1.165, 1.54) is 0 Å². The van der Waals surface area contributed by atoms with Gasteiger partial charge in [-0.3, -0.25) is 4.98 Å². The molecule has 0 radical (unpaired) electrons. The van der Waals surface area contributed by atoms with Crippen LogP contribution in [0, 0.1) is 5.92 Å². The predicted octanol–water partition coefficient (Wildman–Crippen LogP) is 1.58. The molecule has 1 aromatic rings. The van der Waals surface area contributed by atoms with E-state index in [0.29, 0.717) is 5.92 Å². The van der Waals surface area contributed by atoms with Gasteiger partial charge in [0.2, 0.25) is 0 Å². The van der Waals surface area contributed by atoms with Gasteiger partial charge in [0.1, 0.15) is 0 Å². The lowest BCUT2D eigenvalue weighted by molar-refractivity contribution is 0.223. The molecule has 0 saturated heterocycles. The first-order valence-corrected chi connectivity index (χ1v) is 5.45. The second-order valence-corrected chi connectivity index (χ2v) is 4.25. The summed E-state index contributed by atoms with van der Waals surface area (Å²) in [6.07, 6.45) is 4.61.